The van der Waals surface area contributed by atoms with Gasteiger partial charge >= 0.3 is 0 Å². The molecule has 0 heterocycles. The Labute approximate surface area is 197 Å². The molecule has 8 heteroatoms. The summed E-state index contributed by atoms with van der Waals surface area (Å²) in [7, 11) is 0. The Morgan fingerprint density at radius 3 is 2.45 bits per heavy atom. The number of carbonyl (C=O) groups excluding carboxylic acids is 2. The van der Waals surface area contributed by atoms with Gasteiger partial charge in [0, 0.05) is 28.9 Å². The smallest absolute Gasteiger partial charge is 0.242 e. The number of hydrogen-bond acceptors (Lipinski definition) is 3. The highest BCUT2D eigenvalue weighted by atomic mass is 35.5. The van der Waals surface area contributed by atoms with E-state index in [9.17, 15) is 14.0 Å². The molecule has 0 spiro atoms. The van der Waals surface area contributed by atoms with Gasteiger partial charge in [-0.3, -0.25) is 9.59 Å². The summed E-state index contributed by atoms with van der Waals surface area (Å²) in [5.74, 6) is 0.0188. The zero-order valence-corrected chi connectivity index (χ0v) is 20.2. The number of halogens is 3. The van der Waals surface area contributed by atoms with Crippen LogP contribution < -0.4 is 5.32 Å². The number of amides is 2. The van der Waals surface area contributed by atoms with Gasteiger partial charge < -0.3 is 10.2 Å². The lowest BCUT2D eigenvalue weighted by atomic mass is 10.1. The van der Waals surface area contributed by atoms with Crippen molar-refractivity contribution in [2.24, 2.45) is 5.92 Å². The first kappa shape index (κ1) is 25.5. The first-order chi connectivity index (χ1) is 14.7. The van der Waals surface area contributed by atoms with Gasteiger partial charge in [-0.2, -0.15) is 0 Å². The summed E-state index contributed by atoms with van der Waals surface area (Å²) in [5, 5.41) is 3.80. The van der Waals surface area contributed by atoms with E-state index in [1.165, 1.54) is 22.7 Å². The number of nitrogens with zero attached hydrogens (tertiary/aromatic N) is 1. The van der Waals surface area contributed by atoms with Crippen LogP contribution in [-0.2, 0) is 21.9 Å². The summed E-state index contributed by atoms with van der Waals surface area (Å²) in [4.78, 5) is 27.2. The Balaban J connectivity index is 2.12. The van der Waals surface area contributed by atoms with Gasteiger partial charge in [0.15, 0.2) is 0 Å². The summed E-state index contributed by atoms with van der Waals surface area (Å²) in [6, 6.07) is 10.8. The first-order valence-corrected chi connectivity index (χ1v) is 11.9. The fraction of sp³-hybridized carbons (Fsp3) is 0.391. The van der Waals surface area contributed by atoms with Crippen LogP contribution >= 0.6 is 35.0 Å². The van der Waals surface area contributed by atoms with E-state index in [1.807, 2.05) is 13.8 Å². The van der Waals surface area contributed by atoms with Crippen LogP contribution in [0, 0.1) is 11.7 Å². The number of benzene rings is 2. The molecular weight excluding hydrogens is 458 g/mol. The number of rotatable bonds is 10. The van der Waals surface area contributed by atoms with Gasteiger partial charge in [0.1, 0.15) is 11.9 Å². The van der Waals surface area contributed by atoms with Gasteiger partial charge in [0.05, 0.1) is 5.75 Å². The van der Waals surface area contributed by atoms with Crippen molar-refractivity contribution >= 4 is 46.8 Å². The van der Waals surface area contributed by atoms with Gasteiger partial charge in [-0.15, -0.1) is 11.8 Å². The number of nitrogens with one attached hydrogen (secondary N) is 1. The van der Waals surface area contributed by atoms with Crippen LogP contribution in [0.1, 0.15) is 31.9 Å². The Morgan fingerprint density at radius 1 is 1.10 bits per heavy atom. The summed E-state index contributed by atoms with van der Waals surface area (Å²) in [6.45, 7) is 6.39. The average Bonchev–Trinajstić information content (AvgIpc) is 2.72. The lowest BCUT2D eigenvalue weighted by Crippen LogP contribution is -2.48. The quantitative estimate of drug-likeness (QED) is 0.480. The van der Waals surface area contributed by atoms with Crippen molar-refractivity contribution in [2.45, 2.75) is 39.1 Å². The summed E-state index contributed by atoms with van der Waals surface area (Å²) in [5.41, 5.74) is 1.23. The molecule has 2 amide bonds. The minimum Gasteiger partial charge on any atom is -0.354 e. The van der Waals surface area contributed by atoms with Crippen LogP contribution in [0.4, 0.5) is 4.39 Å². The van der Waals surface area contributed by atoms with E-state index in [-0.39, 0.29) is 29.9 Å². The molecule has 0 saturated carbocycles. The zero-order valence-electron chi connectivity index (χ0n) is 17.8. The van der Waals surface area contributed by atoms with Crippen LogP contribution in [0.3, 0.4) is 0 Å². The van der Waals surface area contributed by atoms with Crippen molar-refractivity contribution in [3.05, 3.63) is 69.5 Å². The summed E-state index contributed by atoms with van der Waals surface area (Å²) in [6.07, 6.45) is 0. The second-order valence-electron chi connectivity index (χ2n) is 7.66. The van der Waals surface area contributed by atoms with Gasteiger partial charge in [-0.25, -0.2) is 4.39 Å². The van der Waals surface area contributed by atoms with Crippen LogP contribution in [0.25, 0.3) is 0 Å². The van der Waals surface area contributed by atoms with Crippen LogP contribution in [0.15, 0.2) is 42.5 Å². The maximum Gasteiger partial charge on any atom is 0.242 e. The Morgan fingerprint density at radius 2 is 1.81 bits per heavy atom. The second-order valence-corrected chi connectivity index (χ2v) is 9.49. The van der Waals surface area contributed by atoms with Crippen molar-refractivity contribution in [1.82, 2.24) is 10.2 Å². The van der Waals surface area contributed by atoms with E-state index in [0.29, 0.717) is 39.4 Å². The predicted molar refractivity (Wildman–Crippen MR) is 127 cm³/mol. The van der Waals surface area contributed by atoms with Crippen LogP contribution in [0.5, 0.6) is 0 Å². The van der Waals surface area contributed by atoms with Crippen molar-refractivity contribution in [2.75, 3.05) is 12.3 Å². The molecule has 1 unspecified atom stereocenters. The fourth-order valence-electron chi connectivity index (χ4n) is 2.82. The molecule has 1 N–H and O–H groups in total. The number of thioether (sulfide) groups is 1. The van der Waals surface area contributed by atoms with Crippen molar-refractivity contribution < 1.29 is 14.0 Å². The maximum absolute atomic E-state index is 13.8. The SMILES string of the molecule is CC(C)CNC(=O)C(C)N(Cc1ccc(Cl)cc1Cl)C(=O)CSCc1ccccc1F. The standard InChI is InChI=1S/C23H27Cl2FN2O2S/c1-15(2)11-27-23(30)16(3)28(12-17-8-9-19(24)10-20(17)25)22(29)14-31-13-18-6-4-5-7-21(18)26/h4-10,15-16H,11-14H2,1-3H3,(H,27,30). The number of carbonyl (C=O) groups is 2. The van der Waals surface area contributed by atoms with E-state index < -0.39 is 6.04 Å². The molecular formula is C23H27Cl2FN2O2S. The highest BCUT2D eigenvalue weighted by Crippen LogP contribution is 2.24. The molecule has 0 aromatic heterocycles. The molecule has 4 nitrogen and oxygen atoms in total. The second kappa shape index (κ2) is 12.3. The number of hydrogen-bond donors (Lipinski definition) is 1. The predicted octanol–water partition coefficient (Wildman–Crippen LogP) is 5.56. The monoisotopic (exact) mass is 484 g/mol. The molecule has 168 valence electrons. The Kier molecular flexibility index (Phi) is 10.1. The fourth-order valence-corrected chi connectivity index (χ4v) is 4.18. The Hall–Kier alpha value is -1.76. The van der Waals surface area contributed by atoms with E-state index in [1.54, 1.807) is 43.3 Å². The first-order valence-electron chi connectivity index (χ1n) is 10.0. The minimum absolute atomic E-state index is 0.112. The third kappa shape index (κ3) is 8.02. The van der Waals surface area contributed by atoms with Gasteiger partial charge in [0.25, 0.3) is 0 Å². The molecule has 0 fully saturated rings. The molecule has 2 aromatic carbocycles. The van der Waals surface area contributed by atoms with Gasteiger partial charge in [-0.05, 0) is 42.2 Å². The molecule has 1 atom stereocenters. The largest absolute Gasteiger partial charge is 0.354 e. The van der Waals surface area contributed by atoms with Crippen molar-refractivity contribution in [3.63, 3.8) is 0 Å². The minimum atomic E-state index is -0.688. The van der Waals surface area contributed by atoms with Crippen molar-refractivity contribution in [3.8, 4) is 0 Å². The van der Waals surface area contributed by atoms with Gasteiger partial charge in [-0.1, -0.05) is 61.3 Å². The molecule has 0 aliphatic carbocycles. The molecule has 0 aliphatic rings. The zero-order chi connectivity index (χ0) is 23.0. The molecule has 0 bridgehead atoms. The lowest BCUT2D eigenvalue weighted by molar-refractivity contribution is -0.138. The Bertz CT molecular complexity index is 911. The molecule has 0 saturated heterocycles. The maximum atomic E-state index is 13.8. The molecule has 2 aromatic rings. The normalized spacial score (nSPS) is 12.0. The van der Waals surface area contributed by atoms with Gasteiger partial charge in [0.2, 0.25) is 11.8 Å². The summed E-state index contributed by atoms with van der Waals surface area (Å²) >= 11 is 13.6. The van der Waals surface area contributed by atoms with E-state index in [0.717, 1.165) is 0 Å². The van der Waals surface area contributed by atoms with E-state index in [4.69, 9.17) is 23.2 Å². The topological polar surface area (TPSA) is 49.4 Å². The van der Waals surface area contributed by atoms with E-state index in [2.05, 4.69) is 5.32 Å². The highest BCUT2D eigenvalue weighted by molar-refractivity contribution is 7.99. The summed E-state index contributed by atoms with van der Waals surface area (Å²) < 4.78 is 13.8. The highest BCUT2D eigenvalue weighted by Gasteiger charge is 2.26. The molecule has 0 aliphatic heterocycles. The average molecular weight is 485 g/mol. The molecule has 31 heavy (non-hydrogen) atoms. The van der Waals surface area contributed by atoms with Crippen LogP contribution in [0.2, 0.25) is 10.0 Å². The lowest BCUT2D eigenvalue weighted by Gasteiger charge is -2.29. The third-order valence-corrected chi connectivity index (χ3v) is 6.20. The van der Waals surface area contributed by atoms with Crippen LogP contribution in [-0.4, -0.2) is 35.1 Å². The van der Waals surface area contributed by atoms with Crippen molar-refractivity contribution in [1.29, 1.82) is 0 Å². The van der Waals surface area contributed by atoms with E-state index >= 15 is 0 Å². The third-order valence-electron chi connectivity index (χ3n) is 4.65. The molecule has 0 radical (unpaired) electrons. The molecule has 2 rings (SSSR count).